The first kappa shape index (κ1) is 19.4. The van der Waals surface area contributed by atoms with Gasteiger partial charge in [0.25, 0.3) is 5.56 Å². The molecule has 1 aromatic carbocycles. The molecule has 2 aromatic rings. The highest BCUT2D eigenvalue weighted by Crippen LogP contribution is 2.23. The third kappa shape index (κ3) is 4.87. The van der Waals surface area contributed by atoms with Gasteiger partial charge in [0, 0.05) is 25.1 Å². The molecule has 1 fully saturated rings. The van der Waals surface area contributed by atoms with E-state index >= 15 is 0 Å². The second-order valence-electron chi connectivity index (χ2n) is 7.25. The van der Waals surface area contributed by atoms with Gasteiger partial charge in [-0.05, 0) is 45.2 Å². The Bertz CT molecular complexity index is 840. The zero-order valence-corrected chi connectivity index (χ0v) is 16.3. The Morgan fingerprint density at radius 1 is 1.30 bits per heavy atom. The van der Waals surface area contributed by atoms with Crippen molar-refractivity contribution in [3.63, 3.8) is 0 Å². The molecule has 146 valence electrons. The fourth-order valence-electron chi connectivity index (χ4n) is 3.83. The van der Waals surface area contributed by atoms with Crippen molar-refractivity contribution in [1.82, 2.24) is 14.9 Å². The second kappa shape index (κ2) is 9.02. The van der Waals surface area contributed by atoms with Gasteiger partial charge in [-0.3, -0.25) is 9.59 Å². The van der Waals surface area contributed by atoms with Crippen LogP contribution < -0.4 is 10.3 Å². The lowest BCUT2D eigenvalue weighted by Gasteiger charge is -2.33. The zero-order valence-electron chi connectivity index (χ0n) is 16.3. The van der Waals surface area contributed by atoms with Crippen LogP contribution in [-0.2, 0) is 4.79 Å². The average molecular weight is 371 g/mol. The molecular weight excluding hydrogens is 342 g/mol. The highest BCUT2D eigenvalue weighted by atomic mass is 16.5. The molecule has 0 atom stereocenters. The number of rotatable bonds is 7. The molecule has 1 heterocycles. The Labute approximate surface area is 159 Å². The lowest BCUT2D eigenvalue weighted by atomic mass is 9.94. The van der Waals surface area contributed by atoms with Crippen LogP contribution in [0, 0.1) is 6.92 Å². The smallest absolute Gasteiger partial charge is 0.269 e. The van der Waals surface area contributed by atoms with Crippen LogP contribution in [0.25, 0.3) is 11.0 Å². The van der Waals surface area contributed by atoms with Crippen molar-refractivity contribution >= 4 is 16.9 Å². The second-order valence-corrected chi connectivity index (χ2v) is 7.25. The van der Waals surface area contributed by atoms with Gasteiger partial charge in [-0.2, -0.15) is 0 Å². The minimum Gasteiger partial charge on any atom is -0.494 e. The highest BCUT2D eigenvalue weighted by molar-refractivity contribution is 5.76. The van der Waals surface area contributed by atoms with Gasteiger partial charge in [0.15, 0.2) is 0 Å². The molecule has 0 saturated heterocycles. The van der Waals surface area contributed by atoms with Gasteiger partial charge in [-0.1, -0.05) is 19.3 Å². The topological polar surface area (TPSA) is 75.3 Å². The Kier molecular flexibility index (Phi) is 6.48. The van der Waals surface area contributed by atoms with Crippen LogP contribution in [0.1, 0.15) is 57.6 Å². The minimum atomic E-state index is -0.173. The van der Waals surface area contributed by atoms with Gasteiger partial charge in [0.05, 0.1) is 17.6 Å². The maximum absolute atomic E-state index is 12.6. The van der Waals surface area contributed by atoms with Crippen molar-refractivity contribution in [2.45, 2.75) is 64.8 Å². The fourth-order valence-corrected chi connectivity index (χ4v) is 3.83. The third-order valence-corrected chi connectivity index (χ3v) is 5.31. The van der Waals surface area contributed by atoms with Crippen molar-refractivity contribution in [3.05, 3.63) is 34.2 Å². The number of nitrogens with one attached hydrogen (secondary N) is 1. The van der Waals surface area contributed by atoms with E-state index in [0.717, 1.165) is 19.4 Å². The van der Waals surface area contributed by atoms with E-state index in [9.17, 15) is 9.59 Å². The van der Waals surface area contributed by atoms with E-state index in [4.69, 9.17) is 4.74 Å². The summed E-state index contributed by atoms with van der Waals surface area (Å²) in [6, 6.07) is 5.86. The van der Waals surface area contributed by atoms with Gasteiger partial charge >= 0.3 is 0 Å². The number of aryl methyl sites for hydroxylation is 1. The quantitative estimate of drug-likeness (QED) is 0.755. The fraction of sp³-hybridized carbons (Fsp3) is 0.571. The molecule has 1 aliphatic rings. The number of H-pyrrole nitrogens is 1. The van der Waals surface area contributed by atoms with E-state index in [1.807, 2.05) is 12.1 Å². The van der Waals surface area contributed by atoms with Crippen LogP contribution in [0.5, 0.6) is 5.75 Å². The van der Waals surface area contributed by atoms with E-state index in [1.165, 1.54) is 19.3 Å². The first-order valence-electron chi connectivity index (χ1n) is 10.0. The van der Waals surface area contributed by atoms with Gasteiger partial charge in [0.2, 0.25) is 5.91 Å². The zero-order chi connectivity index (χ0) is 19.2. The normalized spacial score (nSPS) is 15.0. The minimum absolute atomic E-state index is 0.173. The molecule has 0 unspecified atom stereocenters. The van der Waals surface area contributed by atoms with Crippen LogP contribution in [0.4, 0.5) is 0 Å². The Balaban J connectivity index is 1.50. The van der Waals surface area contributed by atoms with Crippen LogP contribution in [0.15, 0.2) is 23.0 Å². The largest absolute Gasteiger partial charge is 0.494 e. The number of nitrogens with zero attached hydrogens (tertiary/aromatic N) is 2. The number of carbonyl (C=O) groups is 1. The summed E-state index contributed by atoms with van der Waals surface area (Å²) in [4.78, 5) is 33.3. The van der Waals surface area contributed by atoms with Gasteiger partial charge in [0.1, 0.15) is 11.4 Å². The SMILES string of the molecule is CCN(C(=O)CCCOc1ccc2[nH]c(=O)c(C)nc2c1)C1CCCCC1. The van der Waals surface area contributed by atoms with Crippen molar-refractivity contribution < 1.29 is 9.53 Å². The summed E-state index contributed by atoms with van der Waals surface area (Å²) in [6.07, 6.45) is 7.25. The van der Waals surface area contributed by atoms with E-state index < -0.39 is 0 Å². The molecular formula is C21H29N3O3. The summed E-state index contributed by atoms with van der Waals surface area (Å²) >= 11 is 0. The number of carbonyl (C=O) groups excluding carboxylic acids is 1. The summed E-state index contributed by atoms with van der Waals surface area (Å²) < 4.78 is 5.79. The first-order chi connectivity index (χ1) is 13.1. The summed E-state index contributed by atoms with van der Waals surface area (Å²) in [5.74, 6) is 0.940. The molecule has 0 radical (unpaired) electrons. The number of hydrogen-bond acceptors (Lipinski definition) is 4. The number of fused-ring (bicyclic) bond motifs is 1. The van der Waals surface area contributed by atoms with Crippen LogP contribution >= 0.6 is 0 Å². The van der Waals surface area contributed by atoms with Gasteiger partial charge in [-0.15, -0.1) is 0 Å². The molecule has 1 N–H and O–H groups in total. The molecule has 6 nitrogen and oxygen atoms in total. The maximum atomic E-state index is 12.6. The van der Waals surface area contributed by atoms with Crippen LogP contribution in [0.3, 0.4) is 0 Å². The molecule has 27 heavy (non-hydrogen) atoms. The van der Waals surface area contributed by atoms with Gasteiger partial charge < -0.3 is 14.6 Å². The summed E-state index contributed by atoms with van der Waals surface area (Å²) in [5, 5.41) is 0. The number of aromatic amines is 1. The van der Waals surface area contributed by atoms with Crippen molar-refractivity contribution in [2.24, 2.45) is 0 Å². The number of benzene rings is 1. The molecule has 3 rings (SSSR count). The standard InChI is InChI=1S/C21H29N3O3/c1-3-24(16-8-5-4-6-9-16)20(25)10-7-13-27-17-11-12-18-19(14-17)22-15(2)21(26)23-18/h11-12,14,16H,3-10,13H2,1-2H3,(H,23,26). The lowest BCUT2D eigenvalue weighted by Crippen LogP contribution is -2.41. The summed E-state index contributed by atoms with van der Waals surface area (Å²) in [7, 11) is 0. The third-order valence-electron chi connectivity index (χ3n) is 5.31. The van der Waals surface area contributed by atoms with E-state index in [2.05, 4.69) is 21.8 Å². The maximum Gasteiger partial charge on any atom is 0.269 e. The number of hydrogen-bond donors (Lipinski definition) is 1. The Hall–Kier alpha value is -2.37. The van der Waals surface area contributed by atoms with Gasteiger partial charge in [-0.25, -0.2) is 4.98 Å². The summed E-state index contributed by atoms with van der Waals surface area (Å²) in [5.41, 5.74) is 1.66. The molecule has 0 aliphatic heterocycles. The number of amides is 1. The lowest BCUT2D eigenvalue weighted by molar-refractivity contribution is -0.134. The molecule has 0 spiro atoms. The molecule has 0 bridgehead atoms. The van der Waals surface area contributed by atoms with E-state index in [-0.39, 0.29) is 11.5 Å². The number of ether oxygens (including phenoxy) is 1. The van der Waals surface area contributed by atoms with Crippen molar-refractivity contribution in [1.29, 1.82) is 0 Å². The molecule has 1 aromatic heterocycles. The first-order valence-corrected chi connectivity index (χ1v) is 10.0. The van der Waals surface area contributed by atoms with Crippen molar-refractivity contribution in [2.75, 3.05) is 13.2 Å². The predicted octanol–water partition coefficient (Wildman–Crippen LogP) is 3.57. The molecule has 6 heteroatoms. The van der Waals surface area contributed by atoms with Crippen molar-refractivity contribution in [3.8, 4) is 5.75 Å². The Morgan fingerprint density at radius 3 is 2.81 bits per heavy atom. The Morgan fingerprint density at radius 2 is 2.07 bits per heavy atom. The predicted molar refractivity (Wildman–Crippen MR) is 106 cm³/mol. The van der Waals surface area contributed by atoms with Crippen LogP contribution in [-0.4, -0.2) is 40.0 Å². The molecule has 1 saturated carbocycles. The molecule has 1 aliphatic carbocycles. The monoisotopic (exact) mass is 371 g/mol. The summed E-state index contributed by atoms with van der Waals surface area (Å²) in [6.45, 7) is 5.03. The molecule has 1 amide bonds. The average Bonchev–Trinajstić information content (AvgIpc) is 2.68. The highest BCUT2D eigenvalue weighted by Gasteiger charge is 2.23. The van der Waals surface area contributed by atoms with E-state index in [0.29, 0.717) is 48.0 Å². The van der Waals surface area contributed by atoms with Crippen LogP contribution in [0.2, 0.25) is 0 Å². The van der Waals surface area contributed by atoms with E-state index in [1.54, 1.807) is 13.0 Å². The number of aromatic nitrogens is 2.